The van der Waals surface area contributed by atoms with Crippen molar-refractivity contribution in [3.63, 3.8) is 0 Å². The van der Waals surface area contributed by atoms with Gasteiger partial charge < -0.3 is 10.4 Å². The minimum absolute atomic E-state index is 0.00883. The normalized spacial score (nSPS) is 26.9. The molecular weight excluding hydrogens is 310 g/mol. The summed E-state index contributed by atoms with van der Waals surface area (Å²) < 4.78 is 0. The van der Waals surface area contributed by atoms with Crippen molar-refractivity contribution in [2.24, 2.45) is 17.8 Å². The van der Waals surface area contributed by atoms with Gasteiger partial charge >= 0.3 is 5.97 Å². The predicted octanol–water partition coefficient (Wildman–Crippen LogP) is 3.42. The van der Waals surface area contributed by atoms with Crippen LogP contribution >= 0.6 is 11.8 Å². The highest BCUT2D eigenvalue weighted by atomic mass is 32.2. The Bertz CT molecular complexity index is 604. The summed E-state index contributed by atoms with van der Waals surface area (Å²) in [7, 11) is 0. The SMILES string of the molecule is C[C@@H](NC(=O)CSc1ccccc1C(=O)O)[C@@H]1C[C@@H]2CC[C@@H]1C2. The lowest BCUT2D eigenvalue weighted by molar-refractivity contribution is -0.119. The second-order valence-corrected chi connectivity index (χ2v) is 7.80. The zero-order valence-electron chi connectivity index (χ0n) is 13.3. The summed E-state index contributed by atoms with van der Waals surface area (Å²) in [5.41, 5.74) is 0.256. The molecule has 1 amide bonds. The van der Waals surface area contributed by atoms with Crippen molar-refractivity contribution >= 4 is 23.6 Å². The number of carbonyl (C=O) groups is 2. The van der Waals surface area contributed by atoms with Gasteiger partial charge in [-0.05, 0) is 56.1 Å². The number of amides is 1. The second kappa shape index (κ2) is 6.95. The molecule has 2 saturated carbocycles. The molecule has 23 heavy (non-hydrogen) atoms. The van der Waals surface area contributed by atoms with Crippen LogP contribution in [0.25, 0.3) is 0 Å². The van der Waals surface area contributed by atoms with E-state index in [4.69, 9.17) is 5.11 Å². The Hall–Kier alpha value is -1.49. The lowest BCUT2D eigenvalue weighted by Crippen LogP contribution is -2.40. The van der Waals surface area contributed by atoms with Crippen molar-refractivity contribution in [1.29, 1.82) is 0 Å². The first-order valence-corrected chi connectivity index (χ1v) is 9.27. The molecule has 0 unspecified atom stereocenters. The molecule has 124 valence electrons. The topological polar surface area (TPSA) is 66.4 Å². The number of carbonyl (C=O) groups excluding carboxylic acids is 1. The van der Waals surface area contributed by atoms with Crippen LogP contribution in [0.15, 0.2) is 29.2 Å². The first kappa shape index (κ1) is 16.4. The summed E-state index contributed by atoms with van der Waals surface area (Å²) in [6, 6.07) is 7.03. The number of hydrogen-bond acceptors (Lipinski definition) is 3. The first-order chi connectivity index (χ1) is 11.0. The Balaban J connectivity index is 1.51. The van der Waals surface area contributed by atoms with E-state index in [-0.39, 0.29) is 23.3 Å². The van der Waals surface area contributed by atoms with Gasteiger partial charge in [0, 0.05) is 10.9 Å². The highest BCUT2D eigenvalue weighted by Crippen LogP contribution is 2.49. The van der Waals surface area contributed by atoms with Crippen LogP contribution in [0.1, 0.15) is 43.0 Å². The number of benzene rings is 1. The molecule has 2 aliphatic rings. The molecule has 0 saturated heterocycles. The van der Waals surface area contributed by atoms with Gasteiger partial charge in [0.25, 0.3) is 0 Å². The van der Waals surface area contributed by atoms with E-state index in [1.54, 1.807) is 24.3 Å². The molecule has 5 heteroatoms. The number of thioether (sulfide) groups is 1. The summed E-state index contributed by atoms with van der Waals surface area (Å²) in [4.78, 5) is 24.0. The molecule has 0 heterocycles. The summed E-state index contributed by atoms with van der Waals surface area (Å²) >= 11 is 1.29. The minimum Gasteiger partial charge on any atom is -0.478 e. The summed E-state index contributed by atoms with van der Waals surface area (Å²) in [6.45, 7) is 2.11. The molecule has 0 aliphatic heterocycles. The maximum atomic E-state index is 12.2. The Morgan fingerprint density at radius 2 is 2.09 bits per heavy atom. The van der Waals surface area contributed by atoms with Crippen LogP contribution in [0.4, 0.5) is 0 Å². The number of aromatic carboxylic acids is 1. The molecule has 2 aliphatic carbocycles. The van der Waals surface area contributed by atoms with E-state index < -0.39 is 5.97 Å². The highest BCUT2D eigenvalue weighted by Gasteiger charge is 2.42. The summed E-state index contributed by atoms with van der Waals surface area (Å²) in [5.74, 6) is 1.58. The zero-order valence-corrected chi connectivity index (χ0v) is 14.1. The smallest absolute Gasteiger partial charge is 0.336 e. The largest absolute Gasteiger partial charge is 0.478 e. The van der Waals surface area contributed by atoms with E-state index in [1.165, 1.54) is 37.4 Å². The first-order valence-electron chi connectivity index (χ1n) is 8.29. The van der Waals surface area contributed by atoms with Crippen molar-refractivity contribution in [3.8, 4) is 0 Å². The maximum absolute atomic E-state index is 12.2. The fourth-order valence-corrected chi connectivity index (χ4v) is 5.08. The van der Waals surface area contributed by atoms with Gasteiger partial charge in [-0.2, -0.15) is 0 Å². The predicted molar refractivity (Wildman–Crippen MR) is 90.7 cm³/mol. The van der Waals surface area contributed by atoms with Crippen LogP contribution in [0.2, 0.25) is 0 Å². The van der Waals surface area contributed by atoms with Crippen molar-refractivity contribution in [2.45, 2.75) is 43.5 Å². The maximum Gasteiger partial charge on any atom is 0.336 e. The molecule has 1 aromatic carbocycles. The monoisotopic (exact) mass is 333 g/mol. The molecule has 2 fully saturated rings. The Kier molecular flexibility index (Phi) is 4.95. The quantitative estimate of drug-likeness (QED) is 0.783. The van der Waals surface area contributed by atoms with Gasteiger partial charge in [-0.15, -0.1) is 11.8 Å². The second-order valence-electron chi connectivity index (χ2n) is 6.78. The number of rotatable bonds is 6. The fourth-order valence-electron chi connectivity index (χ4n) is 4.22. The Morgan fingerprint density at radius 3 is 2.74 bits per heavy atom. The van der Waals surface area contributed by atoms with Gasteiger partial charge in [0.1, 0.15) is 0 Å². The van der Waals surface area contributed by atoms with Gasteiger partial charge in [0.15, 0.2) is 0 Å². The minimum atomic E-state index is -0.955. The number of carboxylic acid groups (broad SMARTS) is 1. The molecule has 0 radical (unpaired) electrons. The lowest BCUT2D eigenvalue weighted by Gasteiger charge is -2.28. The average molecular weight is 333 g/mol. The standard InChI is InChI=1S/C18H23NO3S/c1-11(15-9-12-6-7-13(15)8-12)19-17(20)10-23-16-5-3-2-4-14(16)18(21)22/h2-5,11-13,15H,6-10H2,1H3,(H,19,20)(H,21,22)/t11-,12-,13-,15+/m1/s1. The third-order valence-corrected chi connectivity index (χ3v) is 6.37. The van der Waals surface area contributed by atoms with Crippen LogP contribution in [0, 0.1) is 17.8 Å². The highest BCUT2D eigenvalue weighted by molar-refractivity contribution is 8.00. The molecule has 0 spiro atoms. The van der Waals surface area contributed by atoms with Crippen molar-refractivity contribution in [3.05, 3.63) is 29.8 Å². The number of hydrogen-bond donors (Lipinski definition) is 2. The fraction of sp³-hybridized carbons (Fsp3) is 0.556. The van der Waals surface area contributed by atoms with E-state index in [0.717, 1.165) is 11.8 Å². The van der Waals surface area contributed by atoms with Crippen LogP contribution in [0.3, 0.4) is 0 Å². The molecule has 0 aromatic heterocycles. The van der Waals surface area contributed by atoms with E-state index in [2.05, 4.69) is 12.2 Å². The molecule has 2 N–H and O–H groups in total. The van der Waals surface area contributed by atoms with Crippen molar-refractivity contribution < 1.29 is 14.7 Å². The van der Waals surface area contributed by atoms with Gasteiger partial charge in [0.2, 0.25) is 5.91 Å². The molecular formula is C18H23NO3S. The average Bonchev–Trinajstić information content (AvgIpc) is 3.16. The number of nitrogens with one attached hydrogen (secondary N) is 1. The third kappa shape index (κ3) is 3.71. The lowest BCUT2D eigenvalue weighted by atomic mass is 9.84. The Morgan fingerprint density at radius 1 is 1.30 bits per heavy atom. The van der Waals surface area contributed by atoms with E-state index >= 15 is 0 Å². The molecule has 4 atom stereocenters. The van der Waals surface area contributed by atoms with Gasteiger partial charge in [0.05, 0.1) is 11.3 Å². The number of carboxylic acids is 1. The van der Waals surface area contributed by atoms with Gasteiger partial charge in [-0.25, -0.2) is 4.79 Å². The molecule has 4 nitrogen and oxygen atoms in total. The third-order valence-electron chi connectivity index (χ3n) is 5.30. The van der Waals surface area contributed by atoms with Crippen LogP contribution < -0.4 is 5.32 Å². The Labute approximate surface area is 141 Å². The van der Waals surface area contributed by atoms with E-state index in [0.29, 0.717) is 10.8 Å². The van der Waals surface area contributed by atoms with Crippen LogP contribution in [0.5, 0.6) is 0 Å². The van der Waals surface area contributed by atoms with Gasteiger partial charge in [-0.1, -0.05) is 18.6 Å². The van der Waals surface area contributed by atoms with E-state index in [1.807, 2.05) is 0 Å². The summed E-state index contributed by atoms with van der Waals surface area (Å²) in [6.07, 6.45) is 5.27. The summed E-state index contributed by atoms with van der Waals surface area (Å²) in [5, 5.41) is 12.3. The number of fused-ring (bicyclic) bond motifs is 2. The van der Waals surface area contributed by atoms with Crippen LogP contribution in [-0.2, 0) is 4.79 Å². The van der Waals surface area contributed by atoms with Crippen molar-refractivity contribution in [2.75, 3.05) is 5.75 Å². The molecule has 3 rings (SSSR count). The van der Waals surface area contributed by atoms with E-state index in [9.17, 15) is 9.59 Å². The van der Waals surface area contributed by atoms with Crippen LogP contribution in [-0.4, -0.2) is 28.8 Å². The molecule has 2 bridgehead atoms. The van der Waals surface area contributed by atoms with Gasteiger partial charge in [-0.3, -0.25) is 4.79 Å². The molecule has 1 aromatic rings. The zero-order chi connectivity index (χ0) is 16.4. The van der Waals surface area contributed by atoms with Crippen molar-refractivity contribution in [1.82, 2.24) is 5.32 Å².